The second kappa shape index (κ2) is 7.76. The van der Waals surface area contributed by atoms with Gasteiger partial charge in [-0.25, -0.2) is 0 Å². The Morgan fingerprint density at radius 1 is 0.966 bits per heavy atom. The van der Waals surface area contributed by atoms with E-state index in [0.717, 1.165) is 16.8 Å². The summed E-state index contributed by atoms with van der Waals surface area (Å²) in [6.45, 7) is 7.16. The SMILES string of the molecule is Cc1ccc(CN2C(=O)/C(=C3\SC(=S)N(CC(C)C)C3=O)c3ccccc32)cc1. The number of rotatable bonds is 4. The summed E-state index contributed by atoms with van der Waals surface area (Å²) in [6, 6.07) is 15.8. The van der Waals surface area contributed by atoms with Gasteiger partial charge in [-0.2, -0.15) is 0 Å². The van der Waals surface area contributed by atoms with Crippen LogP contribution >= 0.6 is 24.0 Å². The van der Waals surface area contributed by atoms with Crippen molar-refractivity contribution in [1.29, 1.82) is 0 Å². The molecule has 0 radical (unpaired) electrons. The first kappa shape index (κ1) is 19.9. The summed E-state index contributed by atoms with van der Waals surface area (Å²) in [6.07, 6.45) is 0. The first-order chi connectivity index (χ1) is 13.9. The van der Waals surface area contributed by atoms with Crippen LogP contribution < -0.4 is 4.90 Å². The molecule has 0 aromatic heterocycles. The Balaban J connectivity index is 1.75. The van der Waals surface area contributed by atoms with Crippen molar-refractivity contribution >= 4 is 51.4 Å². The van der Waals surface area contributed by atoms with E-state index in [0.29, 0.717) is 33.8 Å². The number of benzene rings is 2. The Morgan fingerprint density at radius 3 is 2.34 bits per heavy atom. The maximum absolute atomic E-state index is 13.4. The molecule has 6 heteroatoms. The van der Waals surface area contributed by atoms with E-state index in [4.69, 9.17) is 12.2 Å². The van der Waals surface area contributed by atoms with Gasteiger partial charge in [-0.1, -0.05) is 85.9 Å². The van der Waals surface area contributed by atoms with Gasteiger partial charge in [-0.15, -0.1) is 0 Å². The van der Waals surface area contributed by atoms with E-state index in [2.05, 4.69) is 0 Å². The number of carbonyl (C=O) groups excluding carboxylic acids is 2. The lowest BCUT2D eigenvalue weighted by molar-refractivity contribution is -0.122. The third-order valence-electron chi connectivity index (χ3n) is 5.01. The van der Waals surface area contributed by atoms with Crippen LogP contribution in [-0.4, -0.2) is 27.6 Å². The molecule has 0 N–H and O–H groups in total. The lowest BCUT2D eigenvalue weighted by atomic mass is 10.1. The predicted octanol–water partition coefficient (Wildman–Crippen LogP) is 4.77. The van der Waals surface area contributed by atoms with Gasteiger partial charge in [-0.3, -0.25) is 14.5 Å². The number of nitrogens with zero attached hydrogens (tertiary/aromatic N) is 2. The average molecular weight is 423 g/mol. The van der Waals surface area contributed by atoms with Crippen molar-refractivity contribution in [1.82, 2.24) is 4.90 Å². The molecule has 4 nitrogen and oxygen atoms in total. The van der Waals surface area contributed by atoms with Crippen LogP contribution in [0.3, 0.4) is 0 Å². The zero-order chi connectivity index (χ0) is 20.7. The Hall–Kier alpha value is -2.44. The van der Waals surface area contributed by atoms with Crippen LogP contribution in [-0.2, 0) is 16.1 Å². The highest BCUT2D eigenvalue weighted by Gasteiger charge is 2.41. The van der Waals surface area contributed by atoms with Crippen molar-refractivity contribution in [2.75, 3.05) is 11.4 Å². The molecule has 1 fully saturated rings. The third kappa shape index (κ3) is 3.63. The number of anilines is 1. The summed E-state index contributed by atoms with van der Waals surface area (Å²) in [4.78, 5) is 30.3. The molecule has 29 heavy (non-hydrogen) atoms. The largest absolute Gasteiger partial charge is 0.303 e. The fourth-order valence-corrected chi connectivity index (χ4v) is 4.95. The Labute approximate surface area is 180 Å². The first-order valence-corrected chi connectivity index (χ1v) is 10.8. The highest BCUT2D eigenvalue weighted by molar-refractivity contribution is 8.26. The van der Waals surface area contributed by atoms with Crippen molar-refractivity contribution in [3.63, 3.8) is 0 Å². The molecule has 2 amide bonds. The number of amides is 2. The van der Waals surface area contributed by atoms with Crippen molar-refractivity contribution in [3.05, 3.63) is 70.1 Å². The van der Waals surface area contributed by atoms with Gasteiger partial charge < -0.3 is 4.90 Å². The summed E-state index contributed by atoms with van der Waals surface area (Å²) in [5.41, 5.74) is 4.33. The van der Waals surface area contributed by atoms with Crippen LogP contribution in [0.2, 0.25) is 0 Å². The quantitative estimate of drug-likeness (QED) is 0.526. The minimum absolute atomic E-state index is 0.142. The summed E-state index contributed by atoms with van der Waals surface area (Å²) >= 11 is 6.68. The maximum Gasteiger partial charge on any atom is 0.267 e. The van der Waals surface area contributed by atoms with Crippen LogP contribution in [0.5, 0.6) is 0 Å². The number of hydrogen-bond acceptors (Lipinski definition) is 4. The Bertz CT molecular complexity index is 1040. The van der Waals surface area contributed by atoms with E-state index >= 15 is 0 Å². The molecule has 4 rings (SSSR count). The van der Waals surface area contributed by atoms with Crippen molar-refractivity contribution in [2.45, 2.75) is 27.3 Å². The molecule has 0 unspecified atom stereocenters. The molecule has 2 heterocycles. The molecular weight excluding hydrogens is 400 g/mol. The molecule has 0 saturated carbocycles. The second-order valence-electron chi connectivity index (χ2n) is 7.78. The number of thioether (sulfide) groups is 1. The summed E-state index contributed by atoms with van der Waals surface area (Å²) in [5.74, 6) is -0.00712. The number of para-hydroxylation sites is 1. The molecule has 148 valence electrons. The van der Waals surface area contributed by atoms with Gasteiger partial charge in [-0.05, 0) is 24.5 Å². The molecule has 2 aliphatic rings. The topological polar surface area (TPSA) is 40.6 Å². The fraction of sp³-hybridized carbons (Fsp3) is 0.261. The Morgan fingerprint density at radius 2 is 1.66 bits per heavy atom. The van der Waals surface area contributed by atoms with Gasteiger partial charge in [0.2, 0.25) is 0 Å². The van der Waals surface area contributed by atoms with Crippen LogP contribution in [0.25, 0.3) is 5.57 Å². The molecule has 1 saturated heterocycles. The minimum Gasteiger partial charge on any atom is -0.303 e. The lowest BCUT2D eigenvalue weighted by Crippen LogP contribution is -2.32. The van der Waals surface area contributed by atoms with Crippen LogP contribution in [0.4, 0.5) is 5.69 Å². The molecular formula is C23H22N2O2S2. The van der Waals surface area contributed by atoms with Gasteiger partial charge >= 0.3 is 0 Å². The van der Waals surface area contributed by atoms with Crippen molar-refractivity contribution < 1.29 is 9.59 Å². The average Bonchev–Trinajstić information content (AvgIpc) is 3.11. The van der Waals surface area contributed by atoms with E-state index in [1.165, 1.54) is 17.3 Å². The monoisotopic (exact) mass is 422 g/mol. The van der Waals surface area contributed by atoms with Crippen molar-refractivity contribution in [3.8, 4) is 0 Å². The fourth-order valence-electron chi connectivity index (χ4n) is 3.60. The highest BCUT2D eigenvalue weighted by atomic mass is 32.2. The van der Waals surface area contributed by atoms with Crippen LogP contribution in [0.15, 0.2) is 53.4 Å². The molecule has 0 spiro atoms. The normalized spacial score (nSPS) is 19.0. The summed E-state index contributed by atoms with van der Waals surface area (Å²) in [5, 5.41) is 0. The first-order valence-electron chi connectivity index (χ1n) is 9.61. The van der Waals surface area contributed by atoms with E-state index in [1.807, 2.05) is 69.3 Å². The zero-order valence-electron chi connectivity index (χ0n) is 16.6. The summed E-state index contributed by atoms with van der Waals surface area (Å²) in [7, 11) is 0. The molecule has 2 aromatic rings. The van der Waals surface area contributed by atoms with Gasteiger partial charge in [0.1, 0.15) is 4.32 Å². The van der Waals surface area contributed by atoms with Gasteiger partial charge in [0, 0.05) is 12.1 Å². The smallest absolute Gasteiger partial charge is 0.267 e. The van der Waals surface area contributed by atoms with E-state index in [9.17, 15) is 9.59 Å². The third-order valence-corrected chi connectivity index (χ3v) is 6.46. The number of thiocarbonyl (C=S) groups is 1. The molecule has 2 aliphatic heterocycles. The predicted molar refractivity (Wildman–Crippen MR) is 122 cm³/mol. The molecule has 2 aromatic carbocycles. The standard InChI is InChI=1S/C23H22N2O2S2/c1-14(2)12-25-22(27)20(29-23(25)28)19-17-6-4-5-7-18(17)24(21(19)26)13-16-10-8-15(3)9-11-16/h4-11,14H,12-13H2,1-3H3/b20-19-. The van der Waals surface area contributed by atoms with Crippen molar-refractivity contribution in [2.24, 2.45) is 5.92 Å². The second-order valence-corrected chi connectivity index (χ2v) is 9.42. The number of fused-ring (bicyclic) bond motifs is 1. The summed E-state index contributed by atoms with van der Waals surface area (Å²) < 4.78 is 0.522. The van der Waals surface area contributed by atoms with Crippen LogP contribution in [0, 0.1) is 12.8 Å². The minimum atomic E-state index is -0.163. The Kier molecular flexibility index (Phi) is 5.32. The number of hydrogen-bond donors (Lipinski definition) is 0. The number of carbonyl (C=O) groups is 2. The van der Waals surface area contributed by atoms with Crippen LogP contribution in [0.1, 0.15) is 30.5 Å². The molecule has 0 aliphatic carbocycles. The highest BCUT2D eigenvalue weighted by Crippen LogP contribution is 2.45. The van der Waals surface area contributed by atoms with Gasteiger partial charge in [0.25, 0.3) is 11.8 Å². The van der Waals surface area contributed by atoms with Gasteiger partial charge in [0.15, 0.2) is 0 Å². The van der Waals surface area contributed by atoms with E-state index in [-0.39, 0.29) is 11.8 Å². The molecule has 0 bridgehead atoms. The van der Waals surface area contributed by atoms with E-state index < -0.39 is 0 Å². The maximum atomic E-state index is 13.4. The zero-order valence-corrected chi connectivity index (χ0v) is 18.3. The molecule has 0 atom stereocenters. The lowest BCUT2D eigenvalue weighted by Gasteiger charge is -2.17. The van der Waals surface area contributed by atoms with E-state index in [1.54, 1.807) is 9.80 Å². The van der Waals surface area contributed by atoms with Gasteiger partial charge in [0.05, 0.1) is 22.7 Å². The number of aryl methyl sites for hydroxylation is 1.